The quantitative estimate of drug-likeness (QED) is 0.506. The number of aliphatic hydroxyl groups is 1. The van der Waals surface area contributed by atoms with E-state index >= 15 is 0 Å². The van der Waals surface area contributed by atoms with Crippen molar-refractivity contribution in [2.75, 3.05) is 26.4 Å². The lowest BCUT2D eigenvalue weighted by atomic mass is 9.58. The van der Waals surface area contributed by atoms with Gasteiger partial charge in [0.05, 0.1) is 36.2 Å². The van der Waals surface area contributed by atoms with E-state index in [4.69, 9.17) is 19.2 Å². The lowest BCUT2D eigenvalue weighted by Gasteiger charge is -2.48. The molecule has 2 unspecified atom stereocenters. The zero-order valence-electron chi connectivity index (χ0n) is 21.3. The zero-order valence-corrected chi connectivity index (χ0v) is 21.3. The molecule has 2 aromatic rings. The van der Waals surface area contributed by atoms with Crippen molar-refractivity contribution in [1.29, 1.82) is 0 Å². The fourth-order valence-corrected chi connectivity index (χ4v) is 7.38. The van der Waals surface area contributed by atoms with Crippen LogP contribution in [0.2, 0.25) is 0 Å². The molecule has 1 aromatic carbocycles. The summed E-state index contributed by atoms with van der Waals surface area (Å²) < 4.78 is 58.3. The lowest BCUT2D eigenvalue weighted by molar-refractivity contribution is -0.137. The molecule has 0 radical (unpaired) electrons. The molecule has 4 heterocycles. The molecule has 5 aliphatic rings. The SMILES string of the molecule is OC1CC2(CCC2)Cc2nc(C3=CCOCC3)c3c(c21)C1(CCOCC1)OC3c1ccc(C(F)(F)F)cc1. The van der Waals surface area contributed by atoms with Crippen LogP contribution in [-0.4, -0.2) is 36.5 Å². The number of ether oxygens (including phenoxy) is 3. The molecule has 7 rings (SSSR count). The van der Waals surface area contributed by atoms with Gasteiger partial charge in [-0.15, -0.1) is 0 Å². The van der Waals surface area contributed by atoms with E-state index in [1.165, 1.54) is 18.6 Å². The second kappa shape index (κ2) is 8.88. The van der Waals surface area contributed by atoms with E-state index in [0.717, 1.165) is 71.5 Å². The van der Waals surface area contributed by atoms with Crippen LogP contribution >= 0.6 is 0 Å². The highest BCUT2D eigenvalue weighted by Crippen LogP contribution is 2.60. The van der Waals surface area contributed by atoms with Gasteiger partial charge in [0.1, 0.15) is 6.10 Å². The van der Waals surface area contributed by atoms with E-state index in [-0.39, 0.29) is 5.41 Å². The lowest BCUT2D eigenvalue weighted by Crippen LogP contribution is -2.40. The first-order valence-electron chi connectivity index (χ1n) is 13.7. The van der Waals surface area contributed by atoms with Gasteiger partial charge in [0.25, 0.3) is 0 Å². The predicted molar refractivity (Wildman–Crippen MR) is 133 cm³/mol. The largest absolute Gasteiger partial charge is 0.416 e. The van der Waals surface area contributed by atoms with Gasteiger partial charge in [-0.1, -0.05) is 24.6 Å². The van der Waals surface area contributed by atoms with E-state index in [2.05, 4.69) is 6.08 Å². The summed E-state index contributed by atoms with van der Waals surface area (Å²) in [7, 11) is 0. The highest BCUT2D eigenvalue weighted by molar-refractivity contribution is 5.71. The summed E-state index contributed by atoms with van der Waals surface area (Å²) in [5.74, 6) is 0. The first-order chi connectivity index (χ1) is 18.3. The summed E-state index contributed by atoms with van der Waals surface area (Å²) >= 11 is 0. The van der Waals surface area contributed by atoms with Crippen LogP contribution in [0.5, 0.6) is 0 Å². The number of nitrogens with zero attached hydrogens (tertiary/aromatic N) is 1. The summed E-state index contributed by atoms with van der Waals surface area (Å²) in [5, 5.41) is 11.6. The van der Waals surface area contributed by atoms with E-state index in [9.17, 15) is 18.3 Å². The van der Waals surface area contributed by atoms with Crippen molar-refractivity contribution in [3.05, 3.63) is 69.5 Å². The molecule has 2 spiro atoms. The van der Waals surface area contributed by atoms with Crippen LogP contribution in [-0.2, 0) is 32.4 Å². The topological polar surface area (TPSA) is 60.8 Å². The van der Waals surface area contributed by atoms with Gasteiger partial charge in [-0.2, -0.15) is 13.2 Å². The van der Waals surface area contributed by atoms with Crippen LogP contribution in [0.3, 0.4) is 0 Å². The molecule has 2 fully saturated rings. The molecule has 0 bridgehead atoms. The Balaban J connectivity index is 1.45. The minimum atomic E-state index is -4.41. The standard InChI is InChI=1S/C30H32F3NO4/c31-30(32,33)20-4-2-19(3-5-20)27-24-25(29(38-27)10-14-37-15-11-29)23-21(16-28(8-1-9-28)17-22(23)35)34-26(24)18-6-12-36-13-7-18/h2-6,22,27,35H,1,7-17H2. The van der Waals surface area contributed by atoms with E-state index in [1.54, 1.807) is 0 Å². The second-order valence-electron chi connectivity index (χ2n) is 11.6. The molecule has 0 amide bonds. The summed E-state index contributed by atoms with van der Waals surface area (Å²) in [5.41, 5.74) is 5.15. The molecule has 2 aliphatic carbocycles. The molecule has 1 saturated carbocycles. The molecule has 38 heavy (non-hydrogen) atoms. The number of hydrogen-bond acceptors (Lipinski definition) is 5. The fraction of sp³-hybridized carbons (Fsp3) is 0.567. The van der Waals surface area contributed by atoms with E-state index in [0.29, 0.717) is 51.3 Å². The first kappa shape index (κ1) is 24.8. The van der Waals surface area contributed by atoms with Crippen molar-refractivity contribution in [1.82, 2.24) is 4.98 Å². The van der Waals surface area contributed by atoms with Crippen LogP contribution in [0.1, 0.15) is 96.4 Å². The zero-order chi connectivity index (χ0) is 26.1. The number of alkyl halides is 3. The molecule has 202 valence electrons. The van der Waals surface area contributed by atoms with Crippen molar-refractivity contribution >= 4 is 5.57 Å². The van der Waals surface area contributed by atoms with Crippen LogP contribution in [0.15, 0.2) is 30.3 Å². The second-order valence-corrected chi connectivity index (χ2v) is 11.6. The van der Waals surface area contributed by atoms with Gasteiger partial charge < -0.3 is 19.3 Å². The number of benzene rings is 1. The number of rotatable bonds is 2. The van der Waals surface area contributed by atoms with E-state index in [1.807, 2.05) is 0 Å². The fourth-order valence-electron chi connectivity index (χ4n) is 7.38. The van der Waals surface area contributed by atoms with Crippen molar-refractivity contribution in [2.45, 2.75) is 75.4 Å². The Kier molecular flexibility index (Phi) is 5.78. The normalized spacial score (nSPS) is 27.5. The average Bonchev–Trinajstić information content (AvgIpc) is 3.21. The highest BCUT2D eigenvalue weighted by atomic mass is 19.4. The van der Waals surface area contributed by atoms with Gasteiger partial charge >= 0.3 is 6.18 Å². The molecule has 1 N–H and O–H groups in total. The van der Waals surface area contributed by atoms with Crippen molar-refractivity contribution in [2.24, 2.45) is 5.41 Å². The summed E-state index contributed by atoms with van der Waals surface area (Å²) in [4.78, 5) is 5.27. The monoisotopic (exact) mass is 527 g/mol. The summed E-state index contributed by atoms with van der Waals surface area (Å²) in [6.07, 6.45) is 3.40. The van der Waals surface area contributed by atoms with Crippen molar-refractivity contribution in [3.8, 4) is 0 Å². The van der Waals surface area contributed by atoms with Gasteiger partial charge in [0, 0.05) is 42.9 Å². The molecule has 5 nitrogen and oxygen atoms in total. The number of fused-ring (bicyclic) bond motifs is 4. The molecule has 1 saturated heterocycles. The third kappa shape index (κ3) is 3.86. The Morgan fingerprint density at radius 1 is 0.947 bits per heavy atom. The maximum Gasteiger partial charge on any atom is 0.416 e. The van der Waals surface area contributed by atoms with Gasteiger partial charge in [-0.05, 0) is 66.4 Å². The number of aliphatic hydroxyl groups excluding tert-OH is 1. The Hall–Kier alpha value is -2.26. The molecule has 1 aromatic heterocycles. The van der Waals surface area contributed by atoms with Crippen molar-refractivity contribution < 1.29 is 32.5 Å². The molecule has 8 heteroatoms. The maximum atomic E-state index is 13.4. The number of hydrogen-bond donors (Lipinski definition) is 1. The highest BCUT2D eigenvalue weighted by Gasteiger charge is 2.54. The van der Waals surface area contributed by atoms with Crippen LogP contribution < -0.4 is 0 Å². The number of halogens is 3. The van der Waals surface area contributed by atoms with Gasteiger partial charge in [-0.3, -0.25) is 4.98 Å². The third-order valence-electron chi connectivity index (χ3n) is 9.44. The minimum absolute atomic E-state index is 0.115. The predicted octanol–water partition coefficient (Wildman–Crippen LogP) is 6.18. The molecular formula is C30H32F3NO4. The summed E-state index contributed by atoms with van der Waals surface area (Å²) in [6.45, 7) is 2.15. The smallest absolute Gasteiger partial charge is 0.388 e. The average molecular weight is 528 g/mol. The third-order valence-corrected chi connectivity index (χ3v) is 9.44. The van der Waals surface area contributed by atoms with Gasteiger partial charge in [-0.25, -0.2) is 0 Å². The minimum Gasteiger partial charge on any atom is -0.388 e. The number of aromatic nitrogens is 1. The Bertz CT molecular complexity index is 1280. The van der Waals surface area contributed by atoms with Crippen molar-refractivity contribution in [3.63, 3.8) is 0 Å². The van der Waals surface area contributed by atoms with Gasteiger partial charge in [0.15, 0.2) is 0 Å². The van der Waals surface area contributed by atoms with Gasteiger partial charge in [0.2, 0.25) is 0 Å². The Morgan fingerprint density at radius 2 is 1.71 bits per heavy atom. The van der Waals surface area contributed by atoms with E-state index < -0.39 is 29.5 Å². The van der Waals surface area contributed by atoms with Crippen LogP contribution in [0, 0.1) is 5.41 Å². The van der Waals surface area contributed by atoms with Crippen LogP contribution in [0.25, 0.3) is 5.57 Å². The number of pyridine rings is 1. The maximum absolute atomic E-state index is 13.4. The van der Waals surface area contributed by atoms with Crippen LogP contribution in [0.4, 0.5) is 13.2 Å². The Labute approximate surface area is 220 Å². The molecule has 2 atom stereocenters. The summed E-state index contributed by atoms with van der Waals surface area (Å²) in [6, 6.07) is 5.30. The first-order valence-corrected chi connectivity index (χ1v) is 13.7. The molecule has 3 aliphatic heterocycles. The molecular weight excluding hydrogens is 495 g/mol. The Morgan fingerprint density at radius 3 is 2.34 bits per heavy atom.